The quantitative estimate of drug-likeness (QED) is 0.255. The molecule has 0 aliphatic carbocycles. The summed E-state index contributed by atoms with van der Waals surface area (Å²) in [5.74, 6) is 0. The zero-order valence-corrected chi connectivity index (χ0v) is 9.14. The first-order valence-corrected chi connectivity index (χ1v) is 4.00. The summed E-state index contributed by atoms with van der Waals surface area (Å²) in [6.07, 6.45) is 0. The van der Waals surface area contributed by atoms with Gasteiger partial charge in [-0.15, -0.1) is 0 Å². The molecule has 72 valence electrons. The van der Waals surface area contributed by atoms with Gasteiger partial charge in [0.05, 0.1) is 0 Å². The summed E-state index contributed by atoms with van der Waals surface area (Å²) >= 11 is 0. The standard InChI is InChI=1S/Mg.Ni.2H2O4S/c;;2*1-5(2,3)4/h;;2*(H2,1,2,3,4)/q2*+2;;/p-4. The van der Waals surface area contributed by atoms with Crippen LogP contribution in [0.25, 0.3) is 0 Å². The Bertz CT molecular complexity index is 213. The normalized spacial score (nSPS) is 9.67. The van der Waals surface area contributed by atoms with Gasteiger partial charge in [0.15, 0.2) is 0 Å². The van der Waals surface area contributed by atoms with Crippen LogP contribution in [0, 0.1) is 0 Å². The molecule has 0 spiro atoms. The largest absolute Gasteiger partial charge is 2.00 e. The van der Waals surface area contributed by atoms with E-state index in [4.69, 9.17) is 35.0 Å². The average Bonchev–Trinajstić information content (AvgIpc) is 1.12. The molecule has 0 saturated heterocycles. The Morgan fingerprint density at radius 2 is 0.667 bits per heavy atom. The molecule has 0 fully saturated rings. The van der Waals surface area contributed by atoms with Crippen LogP contribution in [-0.2, 0) is 37.3 Å². The van der Waals surface area contributed by atoms with E-state index in [9.17, 15) is 0 Å². The molecule has 0 saturated carbocycles. The fraction of sp³-hybridized carbons (Fsp3) is 0. The van der Waals surface area contributed by atoms with Crippen LogP contribution in [0.2, 0.25) is 0 Å². The van der Waals surface area contributed by atoms with E-state index in [1.807, 2.05) is 0 Å². The third-order valence-electron chi connectivity index (χ3n) is 0. The zero-order chi connectivity index (χ0) is 9.00. The fourth-order valence-corrected chi connectivity index (χ4v) is 0. The predicted molar refractivity (Wildman–Crippen MR) is 26.7 cm³/mol. The molecule has 12 heavy (non-hydrogen) atoms. The number of hydrogen-bond donors (Lipinski definition) is 0. The van der Waals surface area contributed by atoms with Crippen molar-refractivity contribution in [3.63, 3.8) is 0 Å². The van der Waals surface area contributed by atoms with Crippen molar-refractivity contribution in [2.45, 2.75) is 0 Å². The Labute approximate surface area is 95.0 Å². The van der Waals surface area contributed by atoms with Crippen LogP contribution >= 0.6 is 0 Å². The van der Waals surface area contributed by atoms with Crippen LogP contribution in [0.1, 0.15) is 0 Å². The van der Waals surface area contributed by atoms with Gasteiger partial charge in [-0.25, -0.2) is 0 Å². The van der Waals surface area contributed by atoms with Crippen molar-refractivity contribution in [1.29, 1.82) is 0 Å². The Kier molecular flexibility index (Phi) is 16.5. The van der Waals surface area contributed by atoms with E-state index in [0.717, 1.165) is 0 Å². The van der Waals surface area contributed by atoms with Gasteiger partial charge >= 0.3 is 39.5 Å². The molecule has 0 rings (SSSR count). The van der Waals surface area contributed by atoms with Crippen LogP contribution in [0.4, 0.5) is 0 Å². The smallest absolute Gasteiger partial charge is 0.759 e. The molecule has 0 atom stereocenters. The maximum Gasteiger partial charge on any atom is 2.00 e. The minimum Gasteiger partial charge on any atom is -0.759 e. The van der Waals surface area contributed by atoms with Gasteiger partial charge < -0.3 is 18.2 Å². The molecule has 8 nitrogen and oxygen atoms in total. The van der Waals surface area contributed by atoms with Crippen LogP contribution in [-0.4, -0.2) is 58.1 Å². The van der Waals surface area contributed by atoms with Crippen molar-refractivity contribution < 1.29 is 51.5 Å². The summed E-state index contributed by atoms with van der Waals surface area (Å²) in [5, 5.41) is 0. The van der Waals surface area contributed by atoms with E-state index in [1.54, 1.807) is 0 Å². The summed E-state index contributed by atoms with van der Waals surface area (Å²) in [7, 11) is -10.3. The van der Waals surface area contributed by atoms with Crippen molar-refractivity contribution in [1.82, 2.24) is 0 Å². The van der Waals surface area contributed by atoms with Crippen LogP contribution in [0.5, 0.6) is 0 Å². The molecule has 0 aliphatic rings. The van der Waals surface area contributed by atoms with Gasteiger partial charge in [-0.3, -0.25) is 16.8 Å². The molecule has 0 aliphatic heterocycles. The van der Waals surface area contributed by atoms with E-state index in [1.165, 1.54) is 0 Å². The monoisotopic (exact) mass is 274 g/mol. The van der Waals surface area contributed by atoms with Crippen LogP contribution in [0.15, 0.2) is 0 Å². The molecular formula is MgNiO8S2. The molecule has 0 N–H and O–H groups in total. The van der Waals surface area contributed by atoms with Gasteiger partial charge in [0.1, 0.15) is 0 Å². The summed E-state index contributed by atoms with van der Waals surface area (Å²) in [6, 6.07) is 0. The molecule has 0 aromatic heterocycles. The first-order chi connectivity index (χ1) is 4.00. The SMILES string of the molecule is O=S(=O)([O-])[O-].O=S(=O)([O-])[O-].[Mg+2].[Ni+2]. The van der Waals surface area contributed by atoms with E-state index >= 15 is 0 Å². The van der Waals surface area contributed by atoms with Gasteiger partial charge in [0.25, 0.3) is 0 Å². The molecular weight excluding hydrogens is 275 g/mol. The van der Waals surface area contributed by atoms with Crippen molar-refractivity contribution in [3.05, 3.63) is 0 Å². The second-order valence-corrected chi connectivity index (χ2v) is 2.45. The number of hydrogen-bond acceptors (Lipinski definition) is 8. The summed E-state index contributed by atoms with van der Waals surface area (Å²) < 4.78 is 68.2. The Morgan fingerprint density at radius 1 is 0.667 bits per heavy atom. The number of rotatable bonds is 0. The molecule has 0 aromatic carbocycles. The van der Waals surface area contributed by atoms with Crippen LogP contribution < -0.4 is 0 Å². The Morgan fingerprint density at radius 3 is 0.667 bits per heavy atom. The molecule has 0 aromatic rings. The first-order valence-electron chi connectivity index (χ1n) is 1.33. The third kappa shape index (κ3) is 1100. The molecule has 0 radical (unpaired) electrons. The predicted octanol–water partition coefficient (Wildman–Crippen LogP) is -3.06. The Balaban J connectivity index is -0.0000000457. The van der Waals surface area contributed by atoms with Gasteiger partial charge in [-0.2, -0.15) is 0 Å². The van der Waals surface area contributed by atoms with Gasteiger partial charge in [0.2, 0.25) is 0 Å². The molecule has 0 amide bonds. The average molecular weight is 275 g/mol. The van der Waals surface area contributed by atoms with E-state index in [0.29, 0.717) is 0 Å². The summed E-state index contributed by atoms with van der Waals surface area (Å²) in [6.45, 7) is 0. The van der Waals surface area contributed by atoms with E-state index in [2.05, 4.69) is 0 Å². The zero-order valence-electron chi connectivity index (χ0n) is 5.11. The van der Waals surface area contributed by atoms with Gasteiger partial charge in [-0.1, -0.05) is 0 Å². The molecule has 12 heteroatoms. The second-order valence-electron chi connectivity index (χ2n) is 0.816. The topological polar surface area (TPSA) is 161 Å². The molecule has 0 unspecified atom stereocenters. The van der Waals surface area contributed by atoms with Gasteiger partial charge in [0, 0.05) is 20.8 Å². The maximum atomic E-state index is 8.52. The minimum atomic E-state index is -5.17. The van der Waals surface area contributed by atoms with Crippen molar-refractivity contribution in [3.8, 4) is 0 Å². The van der Waals surface area contributed by atoms with Crippen molar-refractivity contribution in [2.75, 3.05) is 0 Å². The van der Waals surface area contributed by atoms with E-state index < -0.39 is 20.8 Å². The minimum absolute atomic E-state index is 0. The summed E-state index contributed by atoms with van der Waals surface area (Å²) in [5.41, 5.74) is 0. The van der Waals surface area contributed by atoms with E-state index in [-0.39, 0.29) is 39.5 Å². The molecule has 0 bridgehead atoms. The van der Waals surface area contributed by atoms with Crippen LogP contribution in [0.3, 0.4) is 0 Å². The maximum absolute atomic E-state index is 8.52. The Hall–Kier alpha value is 1.000. The first kappa shape index (κ1) is 23.1. The fourth-order valence-electron chi connectivity index (χ4n) is 0. The second kappa shape index (κ2) is 8.59. The third-order valence-corrected chi connectivity index (χ3v) is 0. The van der Waals surface area contributed by atoms with Crippen molar-refractivity contribution >= 4 is 43.9 Å². The van der Waals surface area contributed by atoms with Gasteiger partial charge in [-0.05, 0) is 0 Å². The summed E-state index contributed by atoms with van der Waals surface area (Å²) in [4.78, 5) is 0. The van der Waals surface area contributed by atoms with Crippen molar-refractivity contribution in [2.24, 2.45) is 0 Å². The molecule has 0 heterocycles.